The molecule has 0 bridgehead atoms. The van der Waals surface area contributed by atoms with E-state index in [4.69, 9.17) is 15.4 Å². The molecule has 0 heterocycles. The number of rotatable bonds is 9. The third-order valence-electron chi connectivity index (χ3n) is 2.20. The highest BCUT2D eigenvalue weighted by molar-refractivity contribution is 7.89. The number of hydrogen-bond acceptors (Lipinski definition) is 6. The number of ether oxygens (including phenoxy) is 2. The van der Waals surface area contributed by atoms with Crippen molar-refractivity contribution >= 4 is 10.0 Å². The first kappa shape index (κ1) is 15.9. The molecule has 7 nitrogen and oxygen atoms in total. The largest absolute Gasteiger partial charge is 0.491 e. The molecule has 8 heteroatoms. The Kier molecular flexibility index (Phi) is 6.74. The van der Waals surface area contributed by atoms with Gasteiger partial charge >= 0.3 is 0 Å². The smallest absolute Gasteiger partial charge is 0.240 e. The number of nitrogens with two attached hydrogens (primary N) is 1. The van der Waals surface area contributed by atoms with Crippen molar-refractivity contribution in [2.24, 2.45) is 5.90 Å². The first-order valence-corrected chi connectivity index (χ1v) is 7.11. The Morgan fingerprint density at radius 1 is 1.16 bits per heavy atom. The standard InChI is InChI=1S/C11H18N2O5S/c1-16-7-6-13-19(14,15)11-4-2-10(3-5-11)17-8-9-18-12/h2-5,13H,6-9,12H2,1H3. The van der Waals surface area contributed by atoms with Crippen LogP contribution in [0.2, 0.25) is 0 Å². The fourth-order valence-corrected chi connectivity index (χ4v) is 2.30. The molecule has 108 valence electrons. The molecule has 0 saturated carbocycles. The predicted octanol–water partition coefficient (Wildman–Crippen LogP) is -0.120. The van der Waals surface area contributed by atoms with Crippen LogP contribution in [0.5, 0.6) is 5.75 Å². The summed E-state index contributed by atoms with van der Waals surface area (Å²) in [5.41, 5.74) is 0. The SMILES string of the molecule is COCCNS(=O)(=O)c1ccc(OCCON)cc1. The van der Waals surface area contributed by atoms with Crippen molar-refractivity contribution in [2.45, 2.75) is 4.90 Å². The number of sulfonamides is 1. The first-order valence-electron chi connectivity index (χ1n) is 5.63. The Labute approximate surface area is 112 Å². The van der Waals surface area contributed by atoms with E-state index in [2.05, 4.69) is 9.56 Å². The van der Waals surface area contributed by atoms with Crippen LogP contribution in [0.4, 0.5) is 0 Å². The zero-order chi connectivity index (χ0) is 14.1. The summed E-state index contributed by atoms with van der Waals surface area (Å²) in [7, 11) is -2.00. The van der Waals surface area contributed by atoms with Gasteiger partial charge in [-0.15, -0.1) is 0 Å². The van der Waals surface area contributed by atoms with Crippen LogP contribution in [0.15, 0.2) is 29.2 Å². The van der Waals surface area contributed by atoms with E-state index in [0.717, 1.165) is 0 Å². The van der Waals surface area contributed by atoms with Gasteiger partial charge in [-0.3, -0.25) is 0 Å². The third kappa shape index (κ3) is 5.53. The Hall–Kier alpha value is -1.19. The zero-order valence-electron chi connectivity index (χ0n) is 10.7. The highest BCUT2D eigenvalue weighted by Gasteiger charge is 2.12. The van der Waals surface area contributed by atoms with E-state index in [1.807, 2.05) is 0 Å². The highest BCUT2D eigenvalue weighted by Crippen LogP contribution is 2.15. The molecule has 0 aliphatic carbocycles. The molecule has 0 atom stereocenters. The summed E-state index contributed by atoms with van der Waals surface area (Å²) in [6, 6.07) is 6.07. The first-order chi connectivity index (χ1) is 9.10. The molecular formula is C11H18N2O5S. The van der Waals surface area contributed by atoms with Crippen LogP contribution in [0.3, 0.4) is 0 Å². The van der Waals surface area contributed by atoms with Gasteiger partial charge < -0.3 is 14.3 Å². The minimum atomic E-state index is -3.50. The molecule has 1 rings (SSSR count). The van der Waals surface area contributed by atoms with Crippen molar-refractivity contribution < 1.29 is 22.7 Å². The minimum Gasteiger partial charge on any atom is -0.491 e. The van der Waals surface area contributed by atoms with E-state index in [-0.39, 0.29) is 18.0 Å². The summed E-state index contributed by atoms with van der Waals surface area (Å²) in [5.74, 6) is 5.40. The maximum absolute atomic E-state index is 11.8. The van der Waals surface area contributed by atoms with Gasteiger partial charge in [0.25, 0.3) is 0 Å². The molecule has 0 unspecified atom stereocenters. The second-order valence-electron chi connectivity index (χ2n) is 3.58. The van der Waals surface area contributed by atoms with Crippen molar-refractivity contribution in [3.8, 4) is 5.75 Å². The quantitative estimate of drug-likeness (QED) is 0.486. The summed E-state index contributed by atoms with van der Waals surface area (Å²) in [6.45, 7) is 1.11. The highest BCUT2D eigenvalue weighted by atomic mass is 32.2. The van der Waals surface area contributed by atoms with Crippen LogP contribution in [0, 0.1) is 0 Å². The number of nitrogens with one attached hydrogen (secondary N) is 1. The third-order valence-corrected chi connectivity index (χ3v) is 3.68. The Morgan fingerprint density at radius 3 is 2.42 bits per heavy atom. The summed E-state index contributed by atoms with van der Waals surface area (Å²) in [4.78, 5) is 4.53. The average Bonchev–Trinajstić information content (AvgIpc) is 2.40. The van der Waals surface area contributed by atoms with Gasteiger partial charge in [-0.2, -0.15) is 0 Å². The van der Waals surface area contributed by atoms with Gasteiger partial charge in [0.2, 0.25) is 10.0 Å². The van der Waals surface area contributed by atoms with Gasteiger partial charge in [-0.1, -0.05) is 0 Å². The average molecular weight is 290 g/mol. The normalized spacial score (nSPS) is 11.5. The predicted molar refractivity (Wildman–Crippen MR) is 69.1 cm³/mol. The maximum Gasteiger partial charge on any atom is 0.240 e. The van der Waals surface area contributed by atoms with Crippen molar-refractivity contribution in [3.05, 3.63) is 24.3 Å². The van der Waals surface area contributed by atoms with E-state index >= 15 is 0 Å². The fraction of sp³-hybridized carbons (Fsp3) is 0.455. The molecule has 0 radical (unpaired) electrons. The minimum absolute atomic E-state index is 0.172. The van der Waals surface area contributed by atoms with E-state index in [0.29, 0.717) is 19.0 Å². The molecule has 0 saturated heterocycles. The molecule has 3 N–H and O–H groups in total. The molecule has 0 aliphatic heterocycles. The van der Waals surface area contributed by atoms with Gasteiger partial charge in [-0.05, 0) is 24.3 Å². The summed E-state index contributed by atoms with van der Waals surface area (Å²) in [6.07, 6.45) is 0. The topological polar surface area (TPSA) is 99.9 Å². The van der Waals surface area contributed by atoms with Crippen LogP contribution >= 0.6 is 0 Å². The van der Waals surface area contributed by atoms with E-state index < -0.39 is 10.0 Å². The molecular weight excluding hydrogens is 272 g/mol. The molecule has 0 aromatic heterocycles. The lowest BCUT2D eigenvalue weighted by Gasteiger charge is -2.08. The second-order valence-corrected chi connectivity index (χ2v) is 5.35. The molecule has 1 aromatic rings. The molecule has 0 spiro atoms. The van der Waals surface area contributed by atoms with Crippen molar-refractivity contribution in [1.29, 1.82) is 0 Å². The van der Waals surface area contributed by atoms with Crippen LogP contribution in [-0.2, 0) is 19.6 Å². The molecule has 19 heavy (non-hydrogen) atoms. The van der Waals surface area contributed by atoms with Gasteiger partial charge in [-0.25, -0.2) is 19.0 Å². The molecule has 0 amide bonds. The van der Waals surface area contributed by atoms with E-state index in [1.165, 1.54) is 19.2 Å². The summed E-state index contributed by atoms with van der Waals surface area (Å²) in [5, 5.41) is 0. The Bertz CT molecular complexity index is 460. The van der Waals surface area contributed by atoms with Crippen molar-refractivity contribution in [2.75, 3.05) is 33.5 Å². The summed E-state index contributed by atoms with van der Waals surface area (Å²) < 4.78 is 36.1. The van der Waals surface area contributed by atoms with Gasteiger partial charge in [0.15, 0.2) is 0 Å². The zero-order valence-corrected chi connectivity index (χ0v) is 11.5. The lowest BCUT2D eigenvalue weighted by molar-refractivity contribution is 0.102. The van der Waals surface area contributed by atoms with Crippen molar-refractivity contribution in [1.82, 2.24) is 4.72 Å². The van der Waals surface area contributed by atoms with E-state index in [1.54, 1.807) is 12.1 Å². The maximum atomic E-state index is 11.8. The van der Waals surface area contributed by atoms with Crippen LogP contribution in [0.1, 0.15) is 0 Å². The Morgan fingerprint density at radius 2 is 1.84 bits per heavy atom. The fourth-order valence-electron chi connectivity index (χ4n) is 1.28. The second kappa shape index (κ2) is 8.08. The van der Waals surface area contributed by atoms with E-state index in [9.17, 15) is 8.42 Å². The number of hydrogen-bond donors (Lipinski definition) is 2. The van der Waals surface area contributed by atoms with Crippen LogP contribution < -0.4 is 15.4 Å². The van der Waals surface area contributed by atoms with Crippen LogP contribution in [0.25, 0.3) is 0 Å². The van der Waals surface area contributed by atoms with Crippen LogP contribution in [-0.4, -0.2) is 41.9 Å². The lowest BCUT2D eigenvalue weighted by Crippen LogP contribution is -2.27. The van der Waals surface area contributed by atoms with Gasteiger partial charge in [0.05, 0.1) is 11.5 Å². The van der Waals surface area contributed by atoms with Gasteiger partial charge in [0, 0.05) is 13.7 Å². The van der Waals surface area contributed by atoms with Gasteiger partial charge in [0.1, 0.15) is 19.0 Å². The van der Waals surface area contributed by atoms with Crippen molar-refractivity contribution in [3.63, 3.8) is 0 Å². The monoisotopic (exact) mass is 290 g/mol. The lowest BCUT2D eigenvalue weighted by atomic mass is 10.3. The molecule has 1 aromatic carbocycles. The summed E-state index contributed by atoms with van der Waals surface area (Å²) >= 11 is 0. The number of benzene rings is 1. The molecule has 0 fully saturated rings. The molecule has 0 aliphatic rings. The Balaban J connectivity index is 2.59. The number of methoxy groups -OCH3 is 1.